The third kappa shape index (κ3) is 9.25. The number of hydrogen-bond acceptors (Lipinski definition) is 5. The van der Waals surface area contributed by atoms with Crippen molar-refractivity contribution in [1.29, 1.82) is 0 Å². The van der Waals surface area contributed by atoms with Crippen LogP contribution in [0.25, 0.3) is 0 Å². The van der Waals surface area contributed by atoms with E-state index < -0.39 is 17.7 Å². The van der Waals surface area contributed by atoms with Crippen molar-refractivity contribution >= 4 is 29.3 Å². The fraction of sp³-hybridized carbons (Fsp3) is 0.550. The predicted molar refractivity (Wildman–Crippen MR) is 109 cm³/mol. The van der Waals surface area contributed by atoms with E-state index in [-0.39, 0.29) is 11.5 Å². The minimum absolute atomic E-state index is 0.157. The third-order valence-corrected chi connectivity index (χ3v) is 3.60. The molecule has 28 heavy (non-hydrogen) atoms. The monoisotopic (exact) mass is 393 g/mol. The second-order valence-corrected chi connectivity index (χ2v) is 7.43. The van der Waals surface area contributed by atoms with Crippen LogP contribution in [-0.4, -0.2) is 41.8 Å². The van der Waals surface area contributed by atoms with E-state index >= 15 is 0 Å². The Bertz CT molecular complexity index is 683. The number of aromatic carboxylic acids is 1. The summed E-state index contributed by atoms with van der Waals surface area (Å²) in [4.78, 5) is 34.8. The van der Waals surface area contributed by atoms with Gasteiger partial charge in [0.05, 0.1) is 16.9 Å². The van der Waals surface area contributed by atoms with Crippen molar-refractivity contribution < 1.29 is 24.2 Å². The summed E-state index contributed by atoms with van der Waals surface area (Å²) in [6.07, 6.45) is 1.94. The first-order valence-electron chi connectivity index (χ1n) is 9.50. The summed E-state index contributed by atoms with van der Waals surface area (Å²) in [7, 11) is 0. The quantitative estimate of drug-likeness (QED) is 0.449. The molecule has 0 atom stereocenters. The number of rotatable bonds is 10. The van der Waals surface area contributed by atoms with Gasteiger partial charge in [-0.1, -0.05) is 6.92 Å². The number of unbranched alkanes of at least 4 members (excludes halogenated alkanes) is 1. The fourth-order valence-corrected chi connectivity index (χ4v) is 2.32. The van der Waals surface area contributed by atoms with Gasteiger partial charge in [-0.05, 0) is 58.2 Å². The lowest BCUT2D eigenvalue weighted by molar-refractivity contribution is -0.116. The number of hydrogen-bond donors (Lipinski definition) is 4. The molecule has 0 spiro atoms. The average Bonchev–Trinajstić information content (AvgIpc) is 2.58. The van der Waals surface area contributed by atoms with E-state index in [1.165, 1.54) is 12.1 Å². The summed E-state index contributed by atoms with van der Waals surface area (Å²) in [5.41, 5.74) is 0.755. The standard InChI is InChI=1S/C20H31N3O5/c1-5-11-21-16-13-14(18(25)26)9-10-15(16)23-17(24)8-6-7-12-22-19(27)28-20(2,3)4/h9-10,13,21H,5-8,11-12H2,1-4H3,(H,22,27)(H,23,24)(H,25,26). The van der Waals surface area contributed by atoms with Crippen LogP contribution in [0.3, 0.4) is 0 Å². The van der Waals surface area contributed by atoms with Gasteiger partial charge in [0.2, 0.25) is 5.91 Å². The molecule has 0 saturated heterocycles. The molecule has 0 aliphatic rings. The molecular formula is C20H31N3O5. The number of nitrogens with one attached hydrogen (secondary N) is 3. The van der Waals surface area contributed by atoms with Gasteiger partial charge in [-0.15, -0.1) is 0 Å². The molecule has 0 fully saturated rings. The van der Waals surface area contributed by atoms with E-state index in [1.807, 2.05) is 6.92 Å². The molecule has 4 N–H and O–H groups in total. The zero-order valence-corrected chi connectivity index (χ0v) is 17.1. The molecule has 0 bridgehead atoms. The summed E-state index contributed by atoms with van der Waals surface area (Å²) in [6, 6.07) is 4.56. The van der Waals surface area contributed by atoms with Gasteiger partial charge in [-0.3, -0.25) is 4.79 Å². The van der Waals surface area contributed by atoms with Gasteiger partial charge in [-0.2, -0.15) is 0 Å². The Morgan fingerprint density at radius 2 is 1.79 bits per heavy atom. The van der Waals surface area contributed by atoms with E-state index in [2.05, 4.69) is 16.0 Å². The van der Waals surface area contributed by atoms with Crippen LogP contribution in [-0.2, 0) is 9.53 Å². The summed E-state index contributed by atoms with van der Waals surface area (Å²) in [5, 5.41) is 17.7. The predicted octanol–water partition coefficient (Wildman–Crippen LogP) is 3.84. The van der Waals surface area contributed by atoms with Gasteiger partial charge in [0.1, 0.15) is 5.60 Å². The molecule has 0 unspecified atom stereocenters. The molecular weight excluding hydrogens is 362 g/mol. The number of carbonyl (C=O) groups is 3. The molecule has 0 radical (unpaired) electrons. The molecule has 2 amide bonds. The summed E-state index contributed by atoms with van der Waals surface area (Å²) >= 11 is 0. The summed E-state index contributed by atoms with van der Waals surface area (Å²) in [6.45, 7) is 8.48. The zero-order chi connectivity index (χ0) is 21.2. The Kier molecular flexibility index (Phi) is 9.27. The summed E-state index contributed by atoms with van der Waals surface area (Å²) in [5.74, 6) is -1.19. The van der Waals surface area contributed by atoms with Crippen LogP contribution < -0.4 is 16.0 Å². The van der Waals surface area contributed by atoms with Crippen molar-refractivity contribution in [2.45, 2.75) is 59.0 Å². The fourth-order valence-electron chi connectivity index (χ4n) is 2.32. The SMILES string of the molecule is CCCNc1cc(C(=O)O)ccc1NC(=O)CCCCNC(=O)OC(C)(C)C. The normalized spacial score (nSPS) is 10.9. The average molecular weight is 393 g/mol. The van der Waals surface area contributed by atoms with Crippen LogP contribution in [0, 0.1) is 0 Å². The second-order valence-electron chi connectivity index (χ2n) is 7.43. The highest BCUT2D eigenvalue weighted by atomic mass is 16.6. The molecule has 0 aromatic heterocycles. The highest BCUT2D eigenvalue weighted by Crippen LogP contribution is 2.24. The van der Waals surface area contributed by atoms with Gasteiger partial charge >= 0.3 is 12.1 Å². The lowest BCUT2D eigenvalue weighted by Gasteiger charge is -2.19. The van der Waals surface area contributed by atoms with E-state index in [0.717, 1.165) is 6.42 Å². The lowest BCUT2D eigenvalue weighted by Crippen LogP contribution is -2.33. The number of carboxylic acids is 1. The first-order valence-corrected chi connectivity index (χ1v) is 9.50. The summed E-state index contributed by atoms with van der Waals surface area (Å²) < 4.78 is 5.14. The maximum absolute atomic E-state index is 12.2. The van der Waals surface area contributed by atoms with Gasteiger partial charge in [-0.25, -0.2) is 9.59 Å². The molecule has 0 aliphatic carbocycles. The number of ether oxygens (including phenoxy) is 1. The minimum atomic E-state index is -1.02. The third-order valence-electron chi connectivity index (χ3n) is 3.60. The maximum atomic E-state index is 12.2. The van der Waals surface area contributed by atoms with Crippen molar-refractivity contribution in [3.05, 3.63) is 23.8 Å². The van der Waals surface area contributed by atoms with Crippen LogP contribution in [0.15, 0.2) is 18.2 Å². The first kappa shape index (κ1) is 23.3. The van der Waals surface area contributed by atoms with Gasteiger partial charge < -0.3 is 25.8 Å². The zero-order valence-electron chi connectivity index (χ0n) is 17.1. The second kappa shape index (κ2) is 11.2. The van der Waals surface area contributed by atoms with Crippen LogP contribution in [0.5, 0.6) is 0 Å². The maximum Gasteiger partial charge on any atom is 0.407 e. The molecule has 156 valence electrons. The number of anilines is 2. The number of carboxylic acid groups (broad SMARTS) is 1. The van der Waals surface area contributed by atoms with E-state index in [0.29, 0.717) is 43.7 Å². The smallest absolute Gasteiger partial charge is 0.407 e. The van der Waals surface area contributed by atoms with Gasteiger partial charge in [0.15, 0.2) is 0 Å². The molecule has 0 aliphatic heterocycles. The number of benzene rings is 1. The lowest BCUT2D eigenvalue weighted by atomic mass is 10.1. The Labute approximate surface area is 166 Å². The number of alkyl carbamates (subject to hydrolysis) is 1. The molecule has 1 aromatic rings. The number of amides is 2. The van der Waals surface area contributed by atoms with Gasteiger partial charge in [0.25, 0.3) is 0 Å². The van der Waals surface area contributed by atoms with E-state index in [1.54, 1.807) is 26.8 Å². The van der Waals surface area contributed by atoms with Crippen LogP contribution in [0.4, 0.5) is 16.2 Å². The van der Waals surface area contributed by atoms with Crippen LogP contribution in [0.1, 0.15) is 63.7 Å². The Balaban J connectivity index is 2.46. The van der Waals surface area contributed by atoms with Crippen molar-refractivity contribution in [1.82, 2.24) is 5.32 Å². The van der Waals surface area contributed by atoms with Crippen molar-refractivity contribution in [3.8, 4) is 0 Å². The molecule has 1 rings (SSSR count). The minimum Gasteiger partial charge on any atom is -0.478 e. The van der Waals surface area contributed by atoms with Crippen molar-refractivity contribution in [2.24, 2.45) is 0 Å². The topological polar surface area (TPSA) is 117 Å². The van der Waals surface area contributed by atoms with E-state index in [9.17, 15) is 14.4 Å². The Hall–Kier alpha value is -2.77. The Morgan fingerprint density at radius 3 is 2.39 bits per heavy atom. The molecule has 0 heterocycles. The molecule has 1 aromatic carbocycles. The van der Waals surface area contributed by atoms with Crippen LogP contribution >= 0.6 is 0 Å². The Morgan fingerprint density at radius 1 is 1.07 bits per heavy atom. The highest BCUT2D eigenvalue weighted by molar-refractivity contribution is 5.96. The van der Waals surface area contributed by atoms with Crippen molar-refractivity contribution in [3.63, 3.8) is 0 Å². The van der Waals surface area contributed by atoms with Crippen LogP contribution in [0.2, 0.25) is 0 Å². The van der Waals surface area contributed by atoms with Crippen molar-refractivity contribution in [2.75, 3.05) is 23.7 Å². The largest absolute Gasteiger partial charge is 0.478 e. The highest BCUT2D eigenvalue weighted by Gasteiger charge is 2.15. The molecule has 8 heteroatoms. The van der Waals surface area contributed by atoms with Gasteiger partial charge in [0, 0.05) is 19.5 Å². The van der Waals surface area contributed by atoms with E-state index in [4.69, 9.17) is 9.84 Å². The number of carbonyl (C=O) groups excluding carboxylic acids is 2. The molecule has 8 nitrogen and oxygen atoms in total. The molecule has 0 saturated carbocycles. The first-order chi connectivity index (χ1) is 13.1.